The van der Waals surface area contributed by atoms with Gasteiger partial charge < -0.3 is 4.98 Å². The smallest absolute Gasteiger partial charge is 0.305 e. The van der Waals surface area contributed by atoms with Crippen LogP contribution in [0.3, 0.4) is 0 Å². The number of thiazole rings is 1. The summed E-state index contributed by atoms with van der Waals surface area (Å²) in [7, 11) is -3.55. The topological polar surface area (TPSA) is 79.0 Å². The van der Waals surface area contributed by atoms with E-state index in [1.165, 1.54) is 0 Å². The second kappa shape index (κ2) is 6.00. The zero-order valence-corrected chi connectivity index (χ0v) is 13.0. The van der Waals surface area contributed by atoms with Gasteiger partial charge in [-0.1, -0.05) is 11.3 Å². The van der Waals surface area contributed by atoms with Gasteiger partial charge in [-0.25, -0.2) is 13.1 Å². The second-order valence-corrected chi connectivity index (χ2v) is 9.35. The average Bonchev–Trinajstić information content (AvgIpc) is 2.68. The summed E-state index contributed by atoms with van der Waals surface area (Å²) in [4.78, 5) is 13.3. The van der Waals surface area contributed by atoms with E-state index in [0.717, 1.165) is 28.6 Å². The fourth-order valence-electron chi connectivity index (χ4n) is 1.57. The van der Waals surface area contributed by atoms with Crippen molar-refractivity contribution in [2.45, 2.75) is 16.4 Å². The number of H-pyrrole nitrogens is 1. The van der Waals surface area contributed by atoms with Crippen LogP contribution < -0.4 is 9.60 Å². The Bertz CT molecular complexity index is 557. The summed E-state index contributed by atoms with van der Waals surface area (Å²) in [5.74, 6) is 3.16. The molecule has 1 fully saturated rings. The van der Waals surface area contributed by atoms with E-state index < -0.39 is 10.0 Å². The molecule has 2 N–H and O–H groups in total. The number of aromatic amines is 1. The van der Waals surface area contributed by atoms with Crippen LogP contribution in [-0.2, 0) is 10.0 Å². The van der Waals surface area contributed by atoms with Crippen LogP contribution in [0.4, 0.5) is 0 Å². The van der Waals surface area contributed by atoms with Crippen LogP contribution in [0.1, 0.15) is 5.69 Å². The zero-order valence-electron chi connectivity index (χ0n) is 9.76. The molecule has 9 heteroatoms. The summed E-state index contributed by atoms with van der Waals surface area (Å²) in [6, 6.07) is 0. The lowest BCUT2D eigenvalue weighted by Crippen LogP contribution is -2.33. The molecule has 0 spiro atoms. The molecule has 1 unspecified atom stereocenters. The van der Waals surface area contributed by atoms with Crippen molar-refractivity contribution in [3.63, 3.8) is 0 Å². The molecule has 0 aliphatic carbocycles. The van der Waals surface area contributed by atoms with Gasteiger partial charge in [0.15, 0.2) is 4.21 Å². The lowest BCUT2D eigenvalue weighted by molar-refractivity contribution is 0.583. The summed E-state index contributed by atoms with van der Waals surface area (Å²) in [6.45, 7) is 2.02. The molecule has 2 rings (SSSR count). The van der Waals surface area contributed by atoms with Gasteiger partial charge in [0.2, 0.25) is 0 Å². The third-order valence-electron chi connectivity index (χ3n) is 2.41. The van der Waals surface area contributed by atoms with Gasteiger partial charge in [0.1, 0.15) is 0 Å². The van der Waals surface area contributed by atoms with Gasteiger partial charge in [0.05, 0.1) is 0 Å². The SMILES string of the molecule is Cc1[nH]c(=O)sc1S(=O)(=O)NCC1CSCCS1. The quantitative estimate of drug-likeness (QED) is 0.858. The van der Waals surface area contributed by atoms with Crippen molar-refractivity contribution in [2.75, 3.05) is 23.8 Å². The molecule has 0 saturated carbocycles. The minimum absolute atomic E-state index is 0.0981. The first kappa shape index (κ1) is 14.4. The Kier molecular flexibility index (Phi) is 4.81. The van der Waals surface area contributed by atoms with Gasteiger partial charge in [-0.15, -0.1) is 0 Å². The fraction of sp³-hybridized carbons (Fsp3) is 0.667. The van der Waals surface area contributed by atoms with E-state index in [1.807, 2.05) is 11.8 Å². The lowest BCUT2D eigenvalue weighted by atomic mass is 10.5. The predicted octanol–water partition coefficient (Wildman–Crippen LogP) is 0.872. The van der Waals surface area contributed by atoms with Crippen molar-refractivity contribution in [1.82, 2.24) is 9.71 Å². The highest BCUT2D eigenvalue weighted by molar-refractivity contribution is 8.06. The number of aromatic nitrogens is 1. The van der Waals surface area contributed by atoms with Gasteiger partial charge in [0.25, 0.3) is 10.0 Å². The van der Waals surface area contributed by atoms with E-state index in [-0.39, 0.29) is 9.08 Å². The highest BCUT2D eigenvalue weighted by Gasteiger charge is 2.23. The van der Waals surface area contributed by atoms with Crippen LogP contribution in [-0.4, -0.2) is 42.5 Å². The highest BCUT2D eigenvalue weighted by atomic mass is 32.2. The molecule has 0 radical (unpaired) electrons. The fourth-order valence-corrected chi connectivity index (χ4v) is 6.71. The second-order valence-electron chi connectivity index (χ2n) is 3.85. The third-order valence-corrected chi connectivity index (χ3v) is 8.28. The van der Waals surface area contributed by atoms with Crippen molar-refractivity contribution in [3.8, 4) is 0 Å². The largest absolute Gasteiger partial charge is 0.315 e. The molecule has 102 valence electrons. The summed E-state index contributed by atoms with van der Waals surface area (Å²) in [5, 5.41) is 0.314. The minimum atomic E-state index is -3.55. The van der Waals surface area contributed by atoms with E-state index >= 15 is 0 Å². The van der Waals surface area contributed by atoms with E-state index in [1.54, 1.807) is 18.7 Å². The van der Waals surface area contributed by atoms with Gasteiger partial charge in [-0.05, 0) is 6.92 Å². The maximum Gasteiger partial charge on any atom is 0.305 e. The summed E-state index contributed by atoms with van der Waals surface area (Å²) < 4.78 is 26.8. The normalized spacial score (nSPS) is 21.1. The Balaban J connectivity index is 2.03. The third kappa shape index (κ3) is 3.53. The van der Waals surface area contributed by atoms with Crippen LogP contribution in [0.5, 0.6) is 0 Å². The Morgan fingerprint density at radius 1 is 1.44 bits per heavy atom. The molecule has 1 atom stereocenters. The van der Waals surface area contributed by atoms with Gasteiger partial charge in [-0.2, -0.15) is 23.5 Å². The number of hydrogen-bond acceptors (Lipinski definition) is 6. The van der Waals surface area contributed by atoms with E-state index in [9.17, 15) is 13.2 Å². The molecule has 1 aromatic heterocycles. The predicted molar refractivity (Wildman–Crippen MR) is 78.4 cm³/mol. The average molecular weight is 326 g/mol. The van der Waals surface area contributed by atoms with Crippen LogP contribution >= 0.6 is 34.9 Å². The molecule has 1 aliphatic rings. The van der Waals surface area contributed by atoms with Crippen molar-refractivity contribution < 1.29 is 8.42 Å². The number of nitrogens with one attached hydrogen (secondary N) is 2. The lowest BCUT2D eigenvalue weighted by Gasteiger charge is -2.20. The van der Waals surface area contributed by atoms with E-state index in [2.05, 4.69) is 9.71 Å². The zero-order chi connectivity index (χ0) is 13.2. The van der Waals surface area contributed by atoms with Crippen molar-refractivity contribution >= 4 is 44.9 Å². The molecule has 2 heterocycles. The number of hydrogen-bond donors (Lipinski definition) is 2. The highest BCUT2D eigenvalue weighted by Crippen LogP contribution is 2.24. The number of sulfonamides is 1. The van der Waals surface area contributed by atoms with Crippen LogP contribution in [0.25, 0.3) is 0 Å². The van der Waals surface area contributed by atoms with Crippen molar-refractivity contribution in [3.05, 3.63) is 15.4 Å². The summed E-state index contributed by atoms with van der Waals surface area (Å²) >= 11 is 4.38. The summed E-state index contributed by atoms with van der Waals surface area (Å²) in [5.41, 5.74) is 0.406. The Morgan fingerprint density at radius 3 is 2.78 bits per heavy atom. The molecule has 18 heavy (non-hydrogen) atoms. The van der Waals surface area contributed by atoms with E-state index in [4.69, 9.17) is 0 Å². The first-order valence-electron chi connectivity index (χ1n) is 5.38. The standard InChI is InChI=1S/C9H14N2O3S4/c1-6-8(17-9(12)11-6)18(13,14)10-4-7-5-15-2-3-16-7/h7,10H,2-5H2,1H3,(H,11,12). The van der Waals surface area contributed by atoms with Crippen LogP contribution in [0, 0.1) is 6.92 Å². The monoisotopic (exact) mass is 326 g/mol. The van der Waals surface area contributed by atoms with Crippen LogP contribution in [0.2, 0.25) is 0 Å². The number of thioether (sulfide) groups is 2. The molecule has 0 aromatic carbocycles. The first-order valence-corrected chi connectivity index (χ1v) is 9.88. The number of rotatable bonds is 4. The van der Waals surface area contributed by atoms with Gasteiger partial charge in [-0.3, -0.25) is 4.79 Å². The maximum atomic E-state index is 12.0. The summed E-state index contributed by atoms with van der Waals surface area (Å²) in [6.07, 6.45) is 0. The molecule has 1 aromatic rings. The molecular weight excluding hydrogens is 312 g/mol. The Hall–Kier alpha value is 0.0400. The molecule has 0 bridgehead atoms. The van der Waals surface area contributed by atoms with Crippen LogP contribution in [0.15, 0.2) is 9.00 Å². The molecule has 1 saturated heterocycles. The Morgan fingerprint density at radius 2 is 2.22 bits per heavy atom. The maximum absolute atomic E-state index is 12.0. The molecular formula is C9H14N2O3S4. The van der Waals surface area contributed by atoms with E-state index in [0.29, 0.717) is 17.5 Å². The number of aryl methyl sites for hydroxylation is 1. The van der Waals surface area contributed by atoms with Gasteiger partial charge in [0, 0.05) is 34.7 Å². The van der Waals surface area contributed by atoms with Crippen molar-refractivity contribution in [1.29, 1.82) is 0 Å². The first-order chi connectivity index (χ1) is 8.49. The minimum Gasteiger partial charge on any atom is -0.315 e. The molecule has 1 aliphatic heterocycles. The molecule has 5 nitrogen and oxygen atoms in total. The molecule has 0 amide bonds. The van der Waals surface area contributed by atoms with Crippen molar-refractivity contribution in [2.24, 2.45) is 0 Å². The Labute approximate surface area is 118 Å². The van der Waals surface area contributed by atoms with Gasteiger partial charge >= 0.3 is 4.87 Å².